The third-order valence-corrected chi connectivity index (χ3v) is 4.52. The van der Waals surface area contributed by atoms with E-state index in [2.05, 4.69) is 24.1 Å². The maximum absolute atomic E-state index is 13.3. The fraction of sp³-hybridized carbons (Fsp3) is 0.368. The van der Waals surface area contributed by atoms with Crippen molar-refractivity contribution in [2.75, 3.05) is 13.1 Å². The lowest BCUT2D eigenvalue weighted by Gasteiger charge is -2.43. The normalized spacial score (nSPS) is 21.5. The van der Waals surface area contributed by atoms with E-state index in [0.29, 0.717) is 12.1 Å². The Morgan fingerprint density at radius 2 is 1.38 bits per heavy atom. The first-order valence-corrected chi connectivity index (χ1v) is 8.04. The number of hydrogen-bond donors (Lipinski definition) is 1. The van der Waals surface area contributed by atoms with Crippen LogP contribution in [0.25, 0.3) is 0 Å². The number of nitrogens with zero attached hydrogens (tertiary/aromatic N) is 1. The highest BCUT2D eigenvalue weighted by Crippen LogP contribution is 2.31. The van der Waals surface area contributed by atoms with Crippen molar-refractivity contribution in [1.82, 2.24) is 10.2 Å². The summed E-state index contributed by atoms with van der Waals surface area (Å²) < 4.78 is 26.6. The molecule has 0 saturated carbocycles. The Hall–Kier alpha value is -1.49. The number of nitrogens with one attached hydrogen (secondary N) is 1. The summed E-state index contributed by atoms with van der Waals surface area (Å²) in [6.45, 7) is 6.13. The Morgan fingerprint density at radius 1 is 0.917 bits per heavy atom. The highest BCUT2D eigenvalue weighted by atomic mass is 35.5. The topological polar surface area (TPSA) is 15.3 Å². The molecule has 0 aliphatic carbocycles. The molecule has 0 bridgehead atoms. The van der Waals surface area contributed by atoms with Gasteiger partial charge >= 0.3 is 0 Å². The van der Waals surface area contributed by atoms with Crippen LogP contribution in [-0.4, -0.2) is 30.1 Å². The molecule has 130 valence electrons. The van der Waals surface area contributed by atoms with Crippen molar-refractivity contribution in [3.05, 3.63) is 71.3 Å². The van der Waals surface area contributed by atoms with Gasteiger partial charge in [-0.15, -0.1) is 12.4 Å². The Bertz CT molecular complexity index is 600. The average molecular weight is 353 g/mol. The predicted octanol–water partition coefficient (Wildman–Crippen LogP) is 4.16. The zero-order chi connectivity index (χ0) is 16.4. The van der Waals surface area contributed by atoms with Gasteiger partial charge in [-0.2, -0.15) is 0 Å². The maximum Gasteiger partial charge on any atom is 0.123 e. The van der Waals surface area contributed by atoms with Gasteiger partial charge in [0.15, 0.2) is 0 Å². The van der Waals surface area contributed by atoms with Crippen molar-refractivity contribution in [2.24, 2.45) is 0 Å². The van der Waals surface area contributed by atoms with Crippen LogP contribution in [0.2, 0.25) is 0 Å². The fourth-order valence-corrected chi connectivity index (χ4v) is 3.28. The molecular formula is C19H23ClF2N2. The summed E-state index contributed by atoms with van der Waals surface area (Å²) in [5.41, 5.74) is 2.05. The Morgan fingerprint density at radius 3 is 1.83 bits per heavy atom. The van der Waals surface area contributed by atoms with Crippen LogP contribution in [0.3, 0.4) is 0 Å². The van der Waals surface area contributed by atoms with Crippen molar-refractivity contribution in [3.8, 4) is 0 Å². The summed E-state index contributed by atoms with van der Waals surface area (Å²) >= 11 is 0. The van der Waals surface area contributed by atoms with Crippen LogP contribution in [0.4, 0.5) is 8.78 Å². The quantitative estimate of drug-likeness (QED) is 0.892. The molecule has 2 aromatic carbocycles. The van der Waals surface area contributed by atoms with E-state index in [9.17, 15) is 8.78 Å². The van der Waals surface area contributed by atoms with Crippen LogP contribution < -0.4 is 5.32 Å². The van der Waals surface area contributed by atoms with Crippen LogP contribution in [0.15, 0.2) is 48.5 Å². The summed E-state index contributed by atoms with van der Waals surface area (Å²) in [5.74, 6) is -0.485. The summed E-state index contributed by atoms with van der Waals surface area (Å²) in [6, 6.07) is 14.0. The van der Waals surface area contributed by atoms with E-state index in [1.165, 1.54) is 24.3 Å². The molecule has 1 saturated heterocycles. The molecule has 2 atom stereocenters. The van der Waals surface area contributed by atoms with E-state index in [-0.39, 0.29) is 30.1 Å². The molecule has 0 radical (unpaired) electrons. The van der Waals surface area contributed by atoms with Gasteiger partial charge in [-0.1, -0.05) is 24.3 Å². The zero-order valence-electron chi connectivity index (χ0n) is 13.9. The number of piperazine rings is 1. The second-order valence-electron chi connectivity index (χ2n) is 6.36. The Labute approximate surface area is 148 Å². The van der Waals surface area contributed by atoms with Gasteiger partial charge in [0.25, 0.3) is 0 Å². The van der Waals surface area contributed by atoms with E-state index in [4.69, 9.17) is 0 Å². The lowest BCUT2D eigenvalue weighted by Crippen LogP contribution is -2.55. The van der Waals surface area contributed by atoms with Crippen LogP contribution >= 0.6 is 12.4 Å². The average Bonchev–Trinajstić information content (AvgIpc) is 2.54. The molecule has 0 unspecified atom stereocenters. The smallest absolute Gasteiger partial charge is 0.123 e. The van der Waals surface area contributed by atoms with Crippen molar-refractivity contribution in [3.63, 3.8) is 0 Å². The summed E-state index contributed by atoms with van der Waals surface area (Å²) in [7, 11) is 0. The molecule has 1 aliphatic heterocycles. The Kier molecular flexibility index (Phi) is 6.33. The van der Waals surface area contributed by atoms with Crippen molar-refractivity contribution >= 4 is 12.4 Å². The first kappa shape index (κ1) is 18.8. The standard InChI is InChI=1S/C19H22F2N2.ClH/c1-13-12-23(14(2)11-22-13)19(15-3-7-17(20)8-4-15)16-5-9-18(21)10-6-16;/h3-10,13-14,19,22H,11-12H2,1-2H3;1H/t13-,14+;/m0./s1. The fourth-order valence-electron chi connectivity index (χ4n) is 3.28. The molecule has 3 rings (SSSR count). The molecule has 1 N–H and O–H groups in total. The third-order valence-electron chi connectivity index (χ3n) is 4.52. The minimum Gasteiger partial charge on any atom is -0.311 e. The van der Waals surface area contributed by atoms with Crippen LogP contribution in [-0.2, 0) is 0 Å². The molecule has 2 aromatic rings. The van der Waals surface area contributed by atoms with Crippen LogP contribution in [0.5, 0.6) is 0 Å². The van der Waals surface area contributed by atoms with Crippen LogP contribution in [0, 0.1) is 11.6 Å². The molecule has 1 heterocycles. The molecule has 5 heteroatoms. The van der Waals surface area contributed by atoms with E-state index < -0.39 is 0 Å². The number of rotatable bonds is 3. The first-order chi connectivity index (χ1) is 11.0. The van der Waals surface area contributed by atoms with Crippen molar-refractivity contribution in [2.45, 2.75) is 32.0 Å². The minimum atomic E-state index is -0.242. The van der Waals surface area contributed by atoms with Gasteiger partial charge in [0.05, 0.1) is 6.04 Å². The highest BCUT2D eigenvalue weighted by molar-refractivity contribution is 5.85. The van der Waals surface area contributed by atoms with Gasteiger partial charge in [-0.25, -0.2) is 8.78 Å². The van der Waals surface area contributed by atoms with Gasteiger partial charge in [0, 0.05) is 25.2 Å². The maximum atomic E-state index is 13.3. The summed E-state index contributed by atoms with van der Waals surface area (Å²) in [6.07, 6.45) is 0. The lowest BCUT2D eigenvalue weighted by atomic mass is 9.94. The third kappa shape index (κ3) is 4.12. The number of benzene rings is 2. The molecule has 2 nitrogen and oxygen atoms in total. The van der Waals surface area contributed by atoms with Crippen LogP contribution in [0.1, 0.15) is 31.0 Å². The highest BCUT2D eigenvalue weighted by Gasteiger charge is 2.30. The molecule has 1 fully saturated rings. The second kappa shape index (κ2) is 8.06. The van der Waals surface area contributed by atoms with E-state index in [0.717, 1.165) is 24.2 Å². The van der Waals surface area contributed by atoms with E-state index in [1.807, 2.05) is 24.3 Å². The minimum absolute atomic E-state index is 0. The van der Waals surface area contributed by atoms with E-state index >= 15 is 0 Å². The van der Waals surface area contributed by atoms with Gasteiger partial charge in [-0.3, -0.25) is 4.90 Å². The predicted molar refractivity (Wildman–Crippen MR) is 95.5 cm³/mol. The Balaban J connectivity index is 0.00000208. The van der Waals surface area contributed by atoms with Crippen molar-refractivity contribution in [1.29, 1.82) is 0 Å². The molecule has 1 aliphatic rings. The molecule has 0 spiro atoms. The summed E-state index contributed by atoms with van der Waals surface area (Å²) in [5, 5.41) is 3.48. The summed E-state index contributed by atoms with van der Waals surface area (Å²) in [4.78, 5) is 2.40. The first-order valence-electron chi connectivity index (χ1n) is 8.04. The van der Waals surface area contributed by atoms with Crippen molar-refractivity contribution < 1.29 is 8.78 Å². The molecule has 24 heavy (non-hydrogen) atoms. The SMILES string of the molecule is C[C@@H]1CN[C@@H](C)CN1C(c1ccc(F)cc1)c1ccc(F)cc1.Cl. The van der Waals surface area contributed by atoms with Gasteiger partial charge in [0.1, 0.15) is 11.6 Å². The zero-order valence-corrected chi connectivity index (χ0v) is 14.7. The molecule has 0 amide bonds. The van der Waals surface area contributed by atoms with E-state index in [1.54, 1.807) is 0 Å². The lowest BCUT2D eigenvalue weighted by molar-refractivity contribution is 0.113. The van der Waals surface area contributed by atoms with Gasteiger partial charge in [-0.05, 0) is 49.2 Å². The number of hydrogen-bond acceptors (Lipinski definition) is 2. The van der Waals surface area contributed by atoms with Gasteiger partial charge in [0.2, 0.25) is 0 Å². The monoisotopic (exact) mass is 352 g/mol. The number of halogens is 3. The largest absolute Gasteiger partial charge is 0.311 e. The molecular weight excluding hydrogens is 330 g/mol. The van der Waals surface area contributed by atoms with Gasteiger partial charge < -0.3 is 5.32 Å². The second-order valence-corrected chi connectivity index (χ2v) is 6.36. The molecule has 0 aromatic heterocycles.